The van der Waals surface area contributed by atoms with Crippen LogP contribution in [0.2, 0.25) is 0 Å². The summed E-state index contributed by atoms with van der Waals surface area (Å²) in [6.45, 7) is 3.98. The van der Waals surface area contributed by atoms with Crippen LogP contribution in [0.25, 0.3) is 5.69 Å². The topological polar surface area (TPSA) is 54.2 Å². The molecule has 0 bridgehead atoms. The number of rotatable bonds is 3. The standard InChI is InChI=1S/C14H17N5S/c1-10-13(9-16-17-14(20)15-3)11(2)19(18-10)12-7-5-4-6-8-12/h4-9H,1-3H3,(H2,15,17,20). The monoisotopic (exact) mass is 287 g/mol. The number of hydrazone groups is 1. The molecule has 20 heavy (non-hydrogen) atoms. The third-order valence-corrected chi connectivity index (χ3v) is 3.23. The number of thiocarbonyl (C=S) groups is 1. The van der Waals surface area contributed by atoms with Crippen molar-refractivity contribution in [2.75, 3.05) is 7.05 Å². The van der Waals surface area contributed by atoms with Gasteiger partial charge in [0.15, 0.2) is 5.11 Å². The maximum Gasteiger partial charge on any atom is 0.186 e. The molecule has 0 saturated heterocycles. The first-order valence-electron chi connectivity index (χ1n) is 6.26. The number of nitrogens with zero attached hydrogens (tertiary/aromatic N) is 3. The lowest BCUT2D eigenvalue weighted by atomic mass is 10.2. The van der Waals surface area contributed by atoms with Crippen LogP contribution in [0.3, 0.4) is 0 Å². The van der Waals surface area contributed by atoms with Crippen molar-refractivity contribution < 1.29 is 0 Å². The smallest absolute Gasteiger partial charge is 0.186 e. The van der Waals surface area contributed by atoms with Crippen molar-refractivity contribution in [3.63, 3.8) is 0 Å². The van der Waals surface area contributed by atoms with Crippen molar-refractivity contribution in [2.24, 2.45) is 5.10 Å². The van der Waals surface area contributed by atoms with E-state index in [9.17, 15) is 0 Å². The van der Waals surface area contributed by atoms with E-state index in [0.29, 0.717) is 5.11 Å². The third kappa shape index (κ3) is 3.03. The number of hydrogen-bond acceptors (Lipinski definition) is 3. The molecule has 2 aromatic rings. The van der Waals surface area contributed by atoms with E-state index in [1.165, 1.54) is 0 Å². The van der Waals surface area contributed by atoms with E-state index in [1.807, 2.05) is 48.9 Å². The lowest BCUT2D eigenvalue weighted by Crippen LogP contribution is -2.28. The lowest BCUT2D eigenvalue weighted by Gasteiger charge is -2.03. The Hall–Kier alpha value is -2.21. The van der Waals surface area contributed by atoms with Crippen molar-refractivity contribution in [2.45, 2.75) is 13.8 Å². The molecule has 0 aliphatic rings. The second-order valence-electron chi connectivity index (χ2n) is 4.28. The predicted octanol–water partition coefficient (Wildman–Crippen LogP) is 1.92. The van der Waals surface area contributed by atoms with Gasteiger partial charge in [-0.25, -0.2) is 4.68 Å². The molecule has 2 N–H and O–H groups in total. The maximum absolute atomic E-state index is 4.96. The number of para-hydroxylation sites is 1. The molecule has 0 atom stereocenters. The van der Waals surface area contributed by atoms with E-state index < -0.39 is 0 Å². The zero-order valence-electron chi connectivity index (χ0n) is 11.7. The van der Waals surface area contributed by atoms with Gasteiger partial charge in [0.2, 0.25) is 0 Å². The van der Waals surface area contributed by atoms with Crippen molar-refractivity contribution in [1.29, 1.82) is 0 Å². The zero-order chi connectivity index (χ0) is 14.5. The van der Waals surface area contributed by atoms with Crippen LogP contribution in [0.1, 0.15) is 17.0 Å². The minimum atomic E-state index is 0.479. The molecule has 2 rings (SSSR count). The van der Waals surface area contributed by atoms with Gasteiger partial charge in [0.1, 0.15) is 0 Å². The summed E-state index contributed by atoms with van der Waals surface area (Å²) in [5.74, 6) is 0. The molecule has 0 aliphatic carbocycles. The summed E-state index contributed by atoms with van der Waals surface area (Å²) in [6.07, 6.45) is 1.74. The van der Waals surface area contributed by atoms with Crippen LogP contribution in [-0.2, 0) is 0 Å². The molecule has 0 radical (unpaired) electrons. The highest BCUT2D eigenvalue weighted by Crippen LogP contribution is 2.15. The quantitative estimate of drug-likeness (QED) is 0.514. The molecule has 1 aromatic carbocycles. The summed E-state index contributed by atoms with van der Waals surface area (Å²) in [5, 5.41) is 11.9. The van der Waals surface area contributed by atoms with Gasteiger partial charge in [0.25, 0.3) is 0 Å². The van der Waals surface area contributed by atoms with Gasteiger partial charge in [-0.3, -0.25) is 5.43 Å². The van der Waals surface area contributed by atoms with Gasteiger partial charge in [0.05, 0.1) is 23.3 Å². The van der Waals surface area contributed by atoms with E-state index >= 15 is 0 Å². The van der Waals surface area contributed by atoms with Crippen LogP contribution in [0.15, 0.2) is 35.4 Å². The van der Waals surface area contributed by atoms with E-state index in [1.54, 1.807) is 13.3 Å². The van der Waals surface area contributed by atoms with Crippen molar-refractivity contribution in [3.8, 4) is 5.69 Å². The van der Waals surface area contributed by atoms with E-state index in [4.69, 9.17) is 12.2 Å². The fourth-order valence-electron chi connectivity index (χ4n) is 1.87. The van der Waals surface area contributed by atoms with Crippen LogP contribution < -0.4 is 10.7 Å². The maximum atomic E-state index is 4.96. The summed E-state index contributed by atoms with van der Waals surface area (Å²) in [7, 11) is 1.74. The van der Waals surface area contributed by atoms with E-state index in [0.717, 1.165) is 22.6 Å². The molecule has 1 heterocycles. The largest absolute Gasteiger partial charge is 0.364 e. The average molecular weight is 287 g/mol. The Bertz CT molecular complexity index is 631. The third-order valence-electron chi connectivity index (χ3n) is 2.93. The molecule has 0 fully saturated rings. The van der Waals surface area contributed by atoms with Gasteiger partial charge < -0.3 is 5.32 Å². The minimum absolute atomic E-state index is 0.479. The van der Waals surface area contributed by atoms with Crippen LogP contribution in [-0.4, -0.2) is 28.2 Å². The molecule has 0 unspecified atom stereocenters. The second kappa shape index (κ2) is 6.29. The molecule has 0 aliphatic heterocycles. The minimum Gasteiger partial charge on any atom is -0.364 e. The van der Waals surface area contributed by atoms with Crippen molar-refractivity contribution >= 4 is 23.5 Å². The predicted molar refractivity (Wildman–Crippen MR) is 85.4 cm³/mol. The zero-order valence-corrected chi connectivity index (χ0v) is 12.5. The normalized spacial score (nSPS) is 10.8. The molecule has 0 spiro atoms. The lowest BCUT2D eigenvalue weighted by molar-refractivity contribution is 0.833. The van der Waals surface area contributed by atoms with Crippen LogP contribution >= 0.6 is 12.2 Å². The number of aryl methyl sites for hydroxylation is 1. The molecule has 0 amide bonds. The average Bonchev–Trinajstić information content (AvgIpc) is 2.75. The molecular weight excluding hydrogens is 270 g/mol. The highest BCUT2D eigenvalue weighted by molar-refractivity contribution is 7.80. The fraction of sp³-hybridized carbons (Fsp3) is 0.214. The Labute approximate surface area is 123 Å². The Morgan fingerprint density at radius 1 is 1.30 bits per heavy atom. The Morgan fingerprint density at radius 3 is 2.65 bits per heavy atom. The summed E-state index contributed by atoms with van der Waals surface area (Å²) >= 11 is 4.96. The van der Waals surface area contributed by atoms with E-state index in [2.05, 4.69) is 20.9 Å². The SMILES string of the molecule is CNC(=S)NN=Cc1c(C)nn(-c2ccccc2)c1C. The number of nitrogens with one attached hydrogen (secondary N) is 2. The Balaban J connectivity index is 2.28. The first-order valence-corrected chi connectivity index (χ1v) is 6.66. The Morgan fingerprint density at radius 2 is 2.00 bits per heavy atom. The summed E-state index contributed by atoms with van der Waals surface area (Å²) in [6, 6.07) is 10.0. The first-order chi connectivity index (χ1) is 9.63. The van der Waals surface area contributed by atoms with Crippen LogP contribution in [0.5, 0.6) is 0 Å². The number of aromatic nitrogens is 2. The number of benzene rings is 1. The van der Waals surface area contributed by atoms with Gasteiger partial charge >= 0.3 is 0 Å². The molecule has 104 valence electrons. The molecule has 6 heteroatoms. The number of hydrogen-bond donors (Lipinski definition) is 2. The summed E-state index contributed by atoms with van der Waals surface area (Å²) < 4.78 is 1.91. The molecule has 1 aromatic heterocycles. The van der Waals surface area contributed by atoms with E-state index in [-0.39, 0.29) is 0 Å². The fourth-order valence-corrected chi connectivity index (χ4v) is 1.93. The highest BCUT2D eigenvalue weighted by Gasteiger charge is 2.10. The van der Waals surface area contributed by atoms with Crippen molar-refractivity contribution in [3.05, 3.63) is 47.3 Å². The van der Waals surface area contributed by atoms with Gasteiger partial charge in [0, 0.05) is 12.6 Å². The van der Waals surface area contributed by atoms with Gasteiger partial charge in [-0.05, 0) is 38.2 Å². The molecule has 5 nitrogen and oxygen atoms in total. The molecule has 0 saturated carbocycles. The van der Waals surface area contributed by atoms with Gasteiger partial charge in [-0.1, -0.05) is 18.2 Å². The van der Waals surface area contributed by atoms with Gasteiger partial charge in [-0.2, -0.15) is 10.2 Å². The molecular formula is C14H17N5S. The summed E-state index contributed by atoms with van der Waals surface area (Å²) in [5.41, 5.74) is 6.72. The van der Waals surface area contributed by atoms with Crippen LogP contribution in [0.4, 0.5) is 0 Å². The summed E-state index contributed by atoms with van der Waals surface area (Å²) in [4.78, 5) is 0. The van der Waals surface area contributed by atoms with Crippen LogP contribution in [0, 0.1) is 13.8 Å². The second-order valence-corrected chi connectivity index (χ2v) is 4.69. The first kappa shape index (κ1) is 14.2. The van der Waals surface area contributed by atoms with Gasteiger partial charge in [-0.15, -0.1) is 0 Å². The van der Waals surface area contributed by atoms with Crippen molar-refractivity contribution in [1.82, 2.24) is 20.5 Å². The Kier molecular flexibility index (Phi) is 4.47. The highest BCUT2D eigenvalue weighted by atomic mass is 32.1.